The smallest absolute Gasteiger partial charge is 0.342 e. The fraction of sp³-hybridized carbons (Fsp3) is 0.167. The Bertz CT molecular complexity index is 730. The Morgan fingerprint density at radius 1 is 1.20 bits per heavy atom. The number of hydrogen-bond acceptors (Lipinski definition) is 5. The molecule has 0 aliphatic rings. The molecule has 1 aromatic carbocycles. The average molecular weight is 275 g/mol. The van der Waals surface area contributed by atoms with Gasteiger partial charge in [-0.25, -0.2) is 9.89 Å². The van der Waals surface area contributed by atoms with Crippen LogP contribution >= 0.6 is 0 Å². The van der Waals surface area contributed by atoms with Gasteiger partial charge in [0.15, 0.2) is 0 Å². The summed E-state index contributed by atoms with van der Waals surface area (Å²) in [6, 6.07) is 7.04. The van der Waals surface area contributed by atoms with Crippen LogP contribution in [0.25, 0.3) is 0 Å². The number of carbonyl (C=O) groups excluding carboxylic acids is 1. The molecule has 20 heavy (non-hydrogen) atoms. The number of aromatic nitrogens is 3. The van der Waals surface area contributed by atoms with Crippen LogP contribution in [-0.4, -0.2) is 35.2 Å². The number of rotatable bonds is 3. The largest absolute Gasteiger partial charge is 0.378 e. The molecule has 0 saturated carbocycles. The maximum Gasteiger partial charge on any atom is 0.342 e. The molecule has 8 nitrogen and oxygen atoms in total. The summed E-state index contributed by atoms with van der Waals surface area (Å²) >= 11 is 0. The Kier molecular flexibility index (Phi) is 3.65. The van der Waals surface area contributed by atoms with Crippen LogP contribution in [0.15, 0.2) is 33.9 Å². The second kappa shape index (κ2) is 5.39. The van der Waals surface area contributed by atoms with Crippen LogP contribution in [0.3, 0.4) is 0 Å². The summed E-state index contributed by atoms with van der Waals surface area (Å²) in [6.07, 6.45) is 0. The molecule has 0 radical (unpaired) electrons. The van der Waals surface area contributed by atoms with Crippen molar-refractivity contribution in [1.82, 2.24) is 15.2 Å². The molecule has 0 bridgehead atoms. The van der Waals surface area contributed by atoms with E-state index in [1.54, 1.807) is 12.1 Å². The molecule has 0 aliphatic carbocycles. The molecule has 0 aliphatic heterocycles. The van der Waals surface area contributed by atoms with Crippen LogP contribution in [0.5, 0.6) is 0 Å². The second-order valence-corrected chi connectivity index (χ2v) is 4.25. The first-order valence-electron chi connectivity index (χ1n) is 5.75. The standard InChI is InChI=1S/C12H13N5O3/c1-17(2)8-5-3-7(4-6-8)13-10(18)9-11(19)14-12(20)16-15-9/h3-6H,1-2H3,(H,13,18)(H2,14,16,19,20). The molecule has 1 amide bonds. The number of carbonyl (C=O) groups is 1. The third-order valence-electron chi connectivity index (χ3n) is 2.57. The Morgan fingerprint density at radius 3 is 2.40 bits per heavy atom. The SMILES string of the molecule is CN(C)c1ccc(NC(=O)c2n[nH]c(=O)[nH]c2=O)cc1. The van der Waals surface area contributed by atoms with Gasteiger partial charge in [-0.3, -0.25) is 14.6 Å². The molecule has 8 heteroatoms. The van der Waals surface area contributed by atoms with Crippen molar-refractivity contribution in [3.05, 3.63) is 50.8 Å². The number of hydrogen-bond donors (Lipinski definition) is 3. The molecule has 1 aromatic heterocycles. The van der Waals surface area contributed by atoms with Crippen molar-refractivity contribution < 1.29 is 4.79 Å². The molecular weight excluding hydrogens is 262 g/mol. The molecule has 0 spiro atoms. The van der Waals surface area contributed by atoms with Gasteiger partial charge in [-0.2, -0.15) is 5.10 Å². The predicted octanol–water partition coefficient (Wildman–Crippen LogP) is -0.223. The highest BCUT2D eigenvalue weighted by molar-refractivity contribution is 6.02. The zero-order chi connectivity index (χ0) is 14.7. The summed E-state index contributed by atoms with van der Waals surface area (Å²) < 4.78 is 0. The van der Waals surface area contributed by atoms with Gasteiger partial charge in [-0.15, -0.1) is 0 Å². The lowest BCUT2D eigenvalue weighted by molar-refractivity contribution is 0.101. The minimum atomic E-state index is -0.837. The number of nitrogens with zero attached hydrogens (tertiary/aromatic N) is 2. The van der Waals surface area contributed by atoms with Gasteiger partial charge >= 0.3 is 5.69 Å². The van der Waals surface area contributed by atoms with Crippen LogP contribution in [0.2, 0.25) is 0 Å². The normalized spacial score (nSPS) is 10.1. The first-order valence-corrected chi connectivity index (χ1v) is 5.75. The quantitative estimate of drug-likeness (QED) is 0.717. The number of anilines is 2. The summed E-state index contributed by atoms with van der Waals surface area (Å²) in [4.78, 5) is 37.9. The van der Waals surface area contributed by atoms with Crippen molar-refractivity contribution in [2.75, 3.05) is 24.3 Å². The van der Waals surface area contributed by atoms with Crippen LogP contribution in [0, 0.1) is 0 Å². The molecule has 2 rings (SSSR count). The molecular formula is C12H13N5O3. The molecule has 3 N–H and O–H groups in total. The highest BCUT2D eigenvalue weighted by atomic mass is 16.2. The van der Waals surface area contributed by atoms with Crippen LogP contribution < -0.4 is 21.5 Å². The number of amides is 1. The second-order valence-electron chi connectivity index (χ2n) is 4.25. The molecule has 0 saturated heterocycles. The van der Waals surface area contributed by atoms with Crippen molar-refractivity contribution in [3.8, 4) is 0 Å². The zero-order valence-corrected chi connectivity index (χ0v) is 10.9. The fourth-order valence-corrected chi connectivity index (χ4v) is 1.53. The van der Waals surface area contributed by atoms with Crippen molar-refractivity contribution in [3.63, 3.8) is 0 Å². The summed E-state index contributed by atoms with van der Waals surface area (Å²) in [5.41, 5.74) is -0.504. The lowest BCUT2D eigenvalue weighted by atomic mass is 10.2. The highest BCUT2D eigenvalue weighted by Crippen LogP contribution is 2.15. The summed E-state index contributed by atoms with van der Waals surface area (Å²) in [7, 11) is 3.80. The lowest BCUT2D eigenvalue weighted by Crippen LogP contribution is -2.32. The Morgan fingerprint density at radius 2 is 1.85 bits per heavy atom. The Balaban J connectivity index is 2.19. The highest BCUT2D eigenvalue weighted by Gasteiger charge is 2.13. The number of benzene rings is 1. The van der Waals surface area contributed by atoms with Gasteiger partial charge in [-0.1, -0.05) is 0 Å². The molecule has 104 valence electrons. The number of aromatic amines is 2. The van der Waals surface area contributed by atoms with Crippen LogP contribution in [-0.2, 0) is 0 Å². The van der Waals surface area contributed by atoms with E-state index in [4.69, 9.17) is 0 Å². The van der Waals surface area contributed by atoms with E-state index in [1.807, 2.05) is 41.2 Å². The van der Waals surface area contributed by atoms with E-state index in [0.29, 0.717) is 5.69 Å². The van der Waals surface area contributed by atoms with Gasteiger partial charge < -0.3 is 10.2 Å². The monoisotopic (exact) mass is 275 g/mol. The average Bonchev–Trinajstić information content (AvgIpc) is 2.39. The van der Waals surface area contributed by atoms with Crippen molar-refractivity contribution in [1.29, 1.82) is 0 Å². The molecule has 0 atom stereocenters. The maximum absolute atomic E-state index is 11.8. The van der Waals surface area contributed by atoms with Crippen molar-refractivity contribution in [2.45, 2.75) is 0 Å². The lowest BCUT2D eigenvalue weighted by Gasteiger charge is -2.12. The van der Waals surface area contributed by atoms with E-state index in [1.165, 1.54) is 0 Å². The van der Waals surface area contributed by atoms with E-state index in [2.05, 4.69) is 10.4 Å². The first-order chi connectivity index (χ1) is 9.47. The molecule has 2 aromatic rings. The van der Waals surface area contributed by atoms with E-state index in [0.717, 1.165) is 5.69 Å². The van der Waals surface area contributed by atoms with Gasteiger partial charge in [0.25, 0.3) is 11.5 Å². The topological polar surface area (TPSA) is 111 Å². The van der Waals surface area contributed by atoms with Gasteiger partial charge in [0.05, 0.1) is 0 Å². The van der Waals surface area contributed by atoms with Gasteiger partial charge in [0.1, 0.15) is 0 Å². The van der Waals surface area contributed by atoms with E-state index < -0.39 is 22.9 Å². The first kappa shape index (κ1) is 13.5. The molecule has 0 fully saturated rings. The van der Waals surface area contributed by atoms with Crippen LogP contribution in [0.4, 0.5) is 11.4 Å². The molecule has 1 heterocycles. The minimum absolute atomic E-state index is 0.402. The third kappa shape index (κ3) is 2.91. The zero-order valence-electron chi connectivity index (χ0n) is 10.9. The number of H-pyrrole nitrogens is 2. The summed E-state index contributed by atoms with van der Waals surface area (Å²) in [5, 5.41) is 7.94. The predicted molar refractivity (Wildman–Crippen MR) is 74.2 cm³/mol. The molecule has 0 unspecified atom stereocenters. The van der Waals surface area contributed by atoms with Crippen molar-refractivity contribution in [2.24, 2.45) is 0 Å². The van der Waals surface area contributed by atoms with Gasteiger partial charge in [0, 0.05) is 25.5 Å². The number of nitrogens with one attached hydrogen (secondary N) is 3. The Labute approximate surface area is 113 Å². The van der Waals surface area contributed by atoms with E-state index in [-0.39, 0.29) is 0 Å². The van der Waals surface area contributed by atoms with Crippen LogP contribution in [0.1, 0.15) is 10.5 Å². The van der Waals surface area contributed by atoms with E-state index >= 15 is 0 Å². The Hall–Kier alpha value is -2.90. The van der Waals surface area contributed by atoms with Crippen molar-refractivity contribution >= 4 is 17.3 Å². The van der Waals surface area contributed by atoms with E-state index in [9.17, 15) is 14.4 Å². The maximum atomic E-state index is 11.8. The van der Waals surface area contributed by atoms with Gasteiger partial charge in [0.2, 0.25) is 5.69 Å². The van der Waals surface area contributed by atoms with Gasteiger partial charge in [-0.05, 0) is 24.3 Å². The summed E-state index contributed by atoms with van der Waals surface area (Å²) in [5.74, 6) is -0.694. The summed E-state index contributed by atoms with van der Waals surface area (Å²) in [6.45, 7) is 0. The minimum Gasteiger partial charge on any atom is -0.378 e. The third-order valence-corrected chi connectivity index (χ3v) is 2.57. The fourth-order valence-electron chi connectivity index (χ4n) is 1.53.